The maximum atomic E-state index is 12.2. The number of nitrogens with one attached hydrogen (secondary N) is 1. The van der Waals surface area contributed by atoms with Crippen molar-refractivity contribution >= 4 is 29.3 Å². The van der Waals surface area contributed by atoms with E-state index >= 15 is 0 Å². The zero-order valence-corrected chi connectivity index (χ0v) is 12.2. The van der Waals surface area contributed by atoms with Gasteiger partial charge in [0, 0.05) is 43.2 Å². The molecule has 1 aliphatic rings. The number of hydrogen-bond acceptors (Lipinski definition) is 4. The minimum absolute atomic E-state index is 0.0353. The molecule has 0 saturated carbocycles. The van der Waals surface area contributed by atoms with Crippen molar-refractivity contribution in [3.05, 3.63) is 29.8 Å². The van der Waals surface area contributed by atoms with Crippen molar-refractivity contribution in [2.45, 2.75) is 12.5 Å². The maximum absolute atomic E-state index is 12.2. The highest BCUT2D eigenvalue weighted by atomic mass is 32.2. The van der Waals surface area contributed by atoms with Crippen LogP contribution in [0.4, 0.5) is 5.69 Å². The molecule has 5 nitrogen and oxygen atoms in total. The van der Waals surface area contributed by atoms with Crippen LogP contribution in [0.1, 0.15) is 16.8 Å². The van der Waals surface area contributed by atoms with E-state index in [1.165, 1.54) is 12.1 Å². The highest BCUT2D eigenvalue weighted by Gasteiger charge is 2.19. The Morgan fingerprint density at radius 2 is 2.10 bits per heavy atom. The molecule has 0 aliphatic carbocycles. The minimum atomic E-state index is -0.964. The number of carbonyl (C=O) groups excluding carboxylic acids is 1. The zero-order chi connectivity index (χ0) is 14.5. The lowest BCUT2D eigenvalue weighted by Crippen LogP contribution is -2.41. The predicted molar refractivity (Wildman–Crippen MR) is 80.5 cm³/mol. The first kappa shape index (κ1) is 14.9. The number of aromatic carboxylic acids is 1. The lowest BCUT2D eigenvalue weighted by molar-refractivity contribution is -0.118. The fourth-order valence-electron chi connectivity index (χ4n) is 2.07. The molecule has 1 atom stereocenters. The summed E-state index contributed by atoms with van der Waals surface area (Å²) in [6.07, 6.45) is 0.462. The Kier molecular flexibility index (Phi) is 5.03. The minimum Gasteiger partial charge on any atom is -0.478 e. The van der Waals surface area contributed by atoms with Crippen molar-refractivity contribution in [2.75, 3.05) is 30.0 Å². The number of rotatable bonds is 4. The van der Waals surface area contributed by atoms with E-state index < -0.39 is 5.97 Å². The predicted octanol–water partition coefficient (Wildman–Crippen LogP) is 1.44. The molecule has 0 aromatic heterocycles. The molecule has 1 fully saturated rings. The number of benzene rings is 1. The van der Waals surface area contributed by atoms with Gasteiger partial charge in [-0.15, -0.1) is 0 Å². The van der Waals surface area contributed by atoms with Gasteiger partial charge in [-0.2, -0.15) is 11.8 Å². The van der Waals surface area contributed by atoms with E-state index in [4.69, 9.17) is 5.11 Å². The first-order chi connectivity index (χ1) is 9.58. The smallest absolute Gasteiger partial charge is 0.335 e. The second-order valence-electron chi connectivity index (χ2n) is 4.73. The van der Waals surface area contributed by atoms with Crippen molar-refractivity contribution in [1.82, 2.24) is 5.32 Å². The molecule has 2 N–H and O–H groups in total. The van der Waals surface area contributed by atoms with Gasteiger partial charge in [-0.3, -0.25) is 4.79 Å². The van der Waals surface area contributed by atoms with Crippen LogP contribution in [0.2, 0.25) is 0 Å². The molecule has 1 heterocycles. The van der Waals surface area contributed by atoms with Gasteiger partial charge in [0.2, 0.25) is 5.91 Å². The summed E-state index contributed by atoms with van der Waals surface area (Å²) in [5.74, 6) is 1.12. The summed E-state index contributed by atoms with van der Waals surface area (Å²) in [6.45, 7) is 0.944. The number of carboxylic acid groups (broad SMARTS) is 1. The average molecular weight is 294 g/mol. The SMILES string of the molecule is CN(C(=O)CC1CSCCN1)c1ccc(C(=O)O)cc1. The van der Waals surface area contributed by atoms with E-state index in [0.29, 0.717) is 12.1 Å². The molecule has 108 valence electrons. The van der Waals surface area contributed by atoms with Crippen LogP contribution in [-0.2, 0) is 4.79 Å². The first-order valence-electron chi connectivity index (χ1n) is 6.49. The molecule has 0 spiro atoms. The third kappa shape index (κ3) is 3.74. The summed E-state index contributed by atoms with van der Waals surface area (Å²) in [4.78, 5) is 24.6. The van der Waals surface area contributed by atoms with Gasteiger partial charge in [-0.05, 0) is 24.3 Å². The highest BCUT2D eigenvalue weighted by Crippen LogP contribution is 2.17. The largest absolute Gasteiger partial charge is 0.478 e. The molecule has 1 unspecified atom stereocenters. The number of carboxylic acids is 1. The topological polar surface area (TPSA) is 69.6 Å². The van der Waals surface area contributed by atoms with Gasteiger partial charge in [0.05, 0.1) is 5.56 Å². The van der Waals surface area contributed by atoms with Crippen LogP contribution in [0.25, 0.3) is 0 Å². The van der Waals surface area contributed by atoms with Gasteiger partial charge in [0.15, 0.2) is 0 Å². The number of amides is 1. The van der Waals surface area contributed by atoms with Gasteiger partial charge in [0.1, 0.15) is 0 Å². The third-order valence-electron chi connectivity index (χ3n) is 3.30. The monoisotopic (exact) mass is 294 g/mol. The average Bonchev–Trinajstić information content (AvgIpc) is 2.47. The van der Waals surface area contributed by atoms with Crippen LogP contribution < -0.4 is 10.2 Å². The molecule has 0 bridgehead atoms. The van der Waals surface area contributed by atoms with Crippen molar-refractivity contribution in [2.24, 2.45) is 0 Å². The zero-order valence-electron chi connectivity index (χ0n) is 11.3. The summed E-state index contributed by atoms with van der Waals surface area (Å²) >= 11 is 1.86. The molecule has 1 amide bonds. The van der Waals surface area contributed by atoms with Crippen molar-refractivity contribution < 1.29 is 14.7 Å². The van der Waals surface area contributed by atoms with Crippen LogP contribution in [0.5, 0.6) is 0 Å². The molecule has 1 aliphatic heterocycles. The maximum Gasteiger partial charge on any atom is 0.335 e. The summed E-state index contributed by atoms with van der Waals surface area (Å²) in [6, 6.07) is 6.56. The van der Waals surface area contributed by atoms with E-state index in [9.17, 15) is 9.59 Å². The van der Waals surface area contributed by atoms with Gasteiger partial charge in [-0.1, -0.05) is 0 Å². The van der Waals surface area contributed by atoms with Crippen LogP contribution >= 0.6 is 11.8 Å². The highest BCUT2D eigenvalue weighted by molar-refractivity contribution is 7.99. The van der Waals surface area contributed by atoms with E-state index in [-0.39, 0.29) is 17.5 Å². The van der Waals surface area contributed by atoms with Gasteiger partial charge in [-0.25, -0.2) is 4.79 Å². The lowest BCUT2D eigenvalue weighted by atomic mass is 10.1. The molecule has 20 heavy (non-hydrogen) atoms. The Morgan fingerprint density at radius 1 is 1.40 bits per heavy atom. The summed E-state index contributed by atoms with van der Waals surface area (Å²) in [5.41, 5.74) is 0.934. The molecule has 2 rings (SSSR count). The van der Waals surface area contributed by atoms with E-state index in [1.54, 1.807) is 24.1 Å². The lowest BCUT2D eigenvalue weighted by Gasteiger charge is -2.25. The van der Waals surface area contributed by atoms with Crippen LogP contribution in [0, 0.1) is 0 Å². The fourth-order valence-corrected chi connectivity index (χ4v) is 3.02. The molecule has 1 aromatic rings. The molecular formula is C14H18N2O3S. The van der Waals surface area contributed by atoms with Crippen LogP contribution in [-0.4, -0.2) is 48.1 Å². The Bertz CT molecular complexity index is 484. The van der Waals surface area contributed by atoms with E-state index in [2.05, 4.69) is 5.32 Å². The molecular weight excluding hydrogens is 276 g/mol. The third-order valence-corrected chi connectivity index (χ3v) is 4.43. The Morgan fingerprint density at radius 3 is 2.65 bits per heavy atom. The van der Waals surface area contributed by atoms with Crippen LogP contribution in [0.15, 0.2) is 24.3 Å². The van der Waals surface area contributed by atoms with Crippen molar-refractivity contribution in [3.63, 3.8) is 0 Å². The summed E-state index contributed by atoms with van der Waals surface area (Å²) in [5, 5.41) is 12.2. The van der Waals surface area contributed by atoms with Gasteiger partial charge < -0.3 is 15.3 Å². The number of thioether (sulfide) groups is 1. The standard InChI is InChI=1S/C14H18N2O3S/c1-16(12-4-2-10(3-5-12)14(18)19)13(17)8-11-9-20-7-6-15-11/h2-5,11,15H,6-9H2,1H3,(H,18,19). The second kappa shape index (κ2) is 6.76. The first-order valence-corrected chi connectivity index (χ1v) is 7.64. The Labute approximate surface area is 122 Å². The molecule has 1 saturated heterocycles. The normalized spacial score (nSPS) is 18.6. The number of anilines is 1. The van der Waals surface area contributed by atoms with Crippen molar-refractivity contribution in [1.29, 1.82) is 0 Å². The fraction of sp³-hybridized carbons (Fsp3) is 0.429. The number of nitrogens with zero attached hydrogens (tertiary/aromatic N) is 1. The molecule has 1 aromatic carbocycles. The van der Waals surface area contributed by atoms with Crippen LogP contribution in [0.3, 0.4) is 0 Å². The van der Waals surface area contributed by atoms with E-state index in [1.807, 2.05) is 11.8 Å². The number of carbonyl (C=O) groups is 2. The van der Waals surface area contributed by atoms with Gasteiger partial charge in [0.25, 0.3) is 0 Å². The molecule has 0 radical (unpaired) electrons. The quantitative estimate of drug-likeness (QED) is 0.879. The number of hydrogen-bond donors (Lipinski definition) is 2. The van der Waals surface area contributed by atoms with E-state index in [0.717, 1.165) is 18.1 Å². The Balaban J connectivity index is 1.96. The summed E-state index contributed by atoms with van der Waals surface area (Å²) < 4.78 is 0. The van der Waals surface area contributed by atoms with Gasteiger partial charge >= 0.3 is 5.97 Å². The van der Waals surface area contributed by atoms with Crippen molar-refractivity contribution in [3.8, 4) is 0 Å². The Hall–Kier alpha value is -1.53. The summed E-state index contributed by atoms with van der Waals surface area (Å²) in [7, 11) is 1.72. The molecule has 6 heteroatoms. The second-order valence-corrected chi connectivity index (χ2v) is 5.88.